The molecule has 0 saturated carbocycles. The van der Waals surface area contributed by atoms with Crippen molar-refractivity contribution in [3.05, 3.63) is 28.8 Å². The van der Waals surface area contributed by atoms with Gasteiger partial charge in [0.15, 0.2) is 0 Å². The quantitative estimate of drug-likeness (QED) is 0.671. The van der Waals surface area contributed by atoms with Gasteiger partial charge >= 0.3 is 6.03 Å². The second-order valence-corrected chi connectivity index (χ2v) is 8.98. The number of hydrogen-bond acceptors (Lipinski definition) is 3. The molecule has 2 saturated heterocycles. The van der Waals surface area contributed by atoms with E-state index in [0.29, 0.717) is 28.1 Å². The maximum absolute atomic E-state index is 13.1. The van der Waals surface area contributed by atoms with Crippen molar-refractivity contribution in [2.45, 2.75) is 39.2 Å². The van der Waals surface area contributed by atoms with Gasteiger partial charge in [0.2, 0.25) is 0 Å². The third-order valence-electron chi connectivity index (χ3n) is 5.25. The molecule has 0 unspecified atom stereocenters. The predicted octanol–water partition coefficient (Wildman–Crippen LogP) is 3.75. The first-order chi connectivity index (χ1) is 12.7. The van der Waals surface area contributed by atoms with Gasteiger partial charge in [-0.3, -0.25) is 4.79 Å². The van der Waals surface area contributed by atoms with Gasteiger partial charge in [-0.05, 0) is 76.7 Å². The number of nitrogens with one attached hydrogen (secondary N) is 3. The molecule has 3 rings (SSSR count). The van der Waals surface area contributed by atoms with Crippen molar-refractivity contribution in [1.82, 2.24) is 15.5 Å². The predicted molar refractivity (Wildman–Crippen MR) is 116 cm³/mol. The maximum atomic E-state index is 13.1. The van der Waals surface area contributed by atoms with E-state index in [1.54, 1.807) is 18.2 Å². The summed E-state index contributed by atoms with van der Waals surface area (Å²) in [5, 5.41) is 9.48. The maximum Gasteiger partial charge on any atom is 0.319 e. The van der Waals surface area contributed by atoms with E-state index in [2.05, 4.69) is 16.0 Å². The number of nitrogens with zero attached hydrogens (tertiary/aromatic N) is 1. The molecule has 156 valence electrons. The number of benzene rings is 1. The van der Waals surface area contributed by atoms with Gasteiger partial charge in [-0.25, -0.2) is 4.79 Å². The van der Waals surface area contributed by atoms with Crippen LogP contribution in [0.1, 0.15) is 44.0 Å². The number of anilines is 1. The lowest BCUT2D eigenvalue weighted by Crippen LogP contribution is -2.43. The lowest BCUT2D eigenvalue weighted by molar-refractivity contribution is 0.0758. The summed E-state index contributed by atoms with van der Waals surface area (Å²) in [6, 6.07) is 4.73. The lowest BCUT2D eigenvalue weighted by Gasteiger charge is -2.23. The number of rotatable bonds is 2. The van der Waals surface area contributed by atoms with Crippen LogP contribution in [0.5, 0.6) is 0 Å². The Labute approximate surface area is 178 Å². The van der Waals surface area contributed by atoms with Crippen LogP contribution < -0.4 is 16.0 Å². The van der Waals surface area contributed by atoms with Gasteiger partial charge in [0.1, 0.15) is 0 Å². The fourth-order valence-corrected chi connectivity index (χ4v) is 4.06. The van der Waals surface area contributed by atoms with Crippen molar-refractivity contribution in [2.24, 2.45) is 11.8 Å². The summed E-state index contributed by atoms with van der Waals surface area (Å²) in [6.45, 7) is 9.33. The molecule has 2 atom stereocenters. The average Bonchev–Trinajstić information content (AvgIpc) is 2.93. The van der Waals surface area contributed by atoms with E-state index < -0.39 is 0 Å². The molecule has 6 nitrogen and oxygen atoms in total. The topological polar surface area (TPSA) is 73.5 Å². The van der Waals surface area contributed by atoms with Crippen LogP contribution in [0.3, 0.4) is 0 Å². The first-order valence-corrected chi connectivity index (χ1v) is 9.99. The largest absolute Gasteiger partial charge is 0.339 e. The number of carbonyl (C=O) groups is 2. The third-order valence-corrected chi connectivity index (χ3v) is 5.58. The van der Waals surface area contributed by atoms with E-state index in [-0.39, 0.29) is 29.9 Å². The standard InChI is InChI=1S/C20H29ClN4O2.ClH/c1-20(2,3)24-19(27)23-15-4-5-17(21)16(10-15)18(26)25-8-6-13-11-22-12-14(13)7-9-25;/h4-5,10,13-14,22H,6-9,11-12H2,1-3H3,(H2,23,24,27);1H/t13-,14+;. The Kier molecular flexibility index (Phi) is 7.59. The van der Waals surface area contributed by atoms with Crippen LogP contribution in [0, 0.1) is 11.8 Å². The Balaban J connectivity index is 0.00000280. The molecule has 2 heterocycles. The Bertz CT molecular complexity index is 707. The number of hydrogen-bond donors (Lipinski definition) is 3. The minimum absolute atomic E-state index is 0. The summed E-state index contributed by atoms with van der Waals surface area (Å²) in [5.74, 6) is 1.26. The van der Waals surface area contributed by atoms with Crippen LogP contribution in [0.2, 0.25) is 5.02 Å². The smallest absolute Gasteiger partial charge is 0.319 e. The Morgan fingerprint density at radius 2 is 1.75 bits per heavy atom. The summed E-state index contributed by atoms with van der Waals surface area (Å²) in [7, 11) is 0. The second-order valence-electron chi connectivity index (χ2n) is 8.57. The van der Waals surface area contributed by atoms with Crippen molar-refractivity contribution in [2.75, 3.05) is 31.5 Å². The van der Waals surface area contributed by atoms with Crippen LogP contribution in [0.25, 0.3) is 0 Å². The highest BCUT2D eigenvalue weighted by Gasteiger charge is 2.32. The number of halogens is 2. The number of urea groups is 1. The monoisotopic (exact) mass is 428 g/mol. The lowest BCUT2D eigenvalue weighted by atomic mass is 9.92. The Morgan fingerprint density at radius 1 is 1.14 bits per heavy atom. The van der Waals surface area contributed by atoms with Crippen molar-refractivity contribution in [3.8, 4) is 0 Å². The number of carbonyl (C=O) groups excluding carboxylic acids is 2. The van der Waals surface area contributed by atoms with E-state index in [1.807, 2.05) is 25.7 Å². The third kappa shape index (κ3) is 5.75. The van der Waals surface area contributed by atoms with Gasteiger partial charge < -0.3 is 20.9 Å². The van der Waals surface area contributed by atoms with Crippen LogP contribution in [0.4, 0.5) is 10.5 Å². The molecule has 3 N–H and O–H groups in total. The zero-order chi connectivity index (χ0) is 19.6. The number of likely N-dealkylation sites (tertiary alicyclic amines) is 1. The van der Waals surface area contributed by atoms with Crippen LogP contribution in [-0.2, 0) is 0 Å². The van der Waals surface area contributed by atoms with Gasteiger partial charge in [0.25, 0.3) is 5.91 Å². The van der Waals surface area contributed by atoms with E-state index >= 15 is 0 Å². The molecule has 0 spiro atoms. The molecule has 0 aromatic heterocycles. The fraction of sp³-hybridized carbons (Fsp3) is 0.600. The molecule has 1 aromatic carbocycles. The molecule has 0 aliphatic carbocycles. The SMILES string of the molecule is CC(C)(C)NC(=O)Nc1ccc(Cl)c(C(=O)N2CC[C@@H]3CNC[C@@H]3CC2)c1.Cl. The van der Waals surface area contributed by atoms with Crippen LogP contribution in [0.15, 0.2) is 18.2 Å². The molecule has 8 heteroatoms. The summed E-state index contributed by atoms with van der Waals surface area (Å²) < 4.78 is 0. The molecule has 3 amide bonds. The molecular weight excluding hydrogens is 399 g/mol. The molecule has 2 aliphatic heterocycles. The van der Waals surface area contributed by atoms with Gasteiger partial charge in [-0.2, -0.15) is 0 Å². The Morgan fingerprint density at radius 3 is 2.32 bits per heavy atom. The first-order valence-electron chi connectivity index (χ1n) is 9.61. The van der Waals surface area contributed by atoms with Crippen LogP contribution in [-0.4, -0.2) is 48.6 Å². The normalized spacial score (nSPS) is 21.9. The molecular formula is C20H30Cl2N4O2. The van der Waals surface area contributed by atoms with Crippen molar-refractivity contribution in [3.63, 3.8) is 0 Å². The minimum atomic E-state index is -0.339. The van der Waals surface area contributed by atoms with Crippen LogP contribution >= 0.6 is 24.0 Å². The molecule has 28 heavy (non-hydrogen) atoms. The van der Waals surface area contributed by atoms with Gasteiger partial charge in [-0.15, -0.1) is 12.4 Å². The molecule has 2 aliphatic rings. The molecule has 0 bridgehead atoms. The second kappa shape index (κ2) is 9.33. The van der Waals surface area contributed by atoms with E-state index in [4.69, 9.17) is 11.6 Å². The van der Waals surface area contributed by atoms with E-state index in [9.17, 15) is 9.59 Å². The highest BCUT2D eigenvalue weighted by Crippen LogP contribution is 2.29. The Hall–Kier alpha value is -1.50. The summed E-state index contributed by atoms with van der Waals surface area (Å²) in [6.07, 6.45) is 2.04. The van der Waals surface area contributed by atoms with Gasteiger partial charge in [0.05, 0.1) is 10.6 Å². The zero-order valence-electron chi connectivity index (χ0n) is 16.7. The van der Waals surface area contributed by atoms with Crippen molar-refractivity contribution < 1.29 is 9.59 Å². The minimum Gasteiger partial charge on any atom is -0.339 e. The molecule has 0 radical (unpaired) electrons. The van der Waals surface area contributed by atoms with E-state index in [1.165, 1.54) is 0 Å². The zero-order valence-corrected chi connectivity index (χ0v) is 18.3. The summed E-state index contributed by atoms with van der Waals surface area (Å²) in [5.41, 5.74) is 0.657. The summed E-state index contributed by atoms with van der Waals surface area (Å²) >= 11 is 6.30. The van der Waals surface area contributed by atoms with Crippen molar-refractivity contribution in [1.29, 1.82) is 0 Å². The molecule has 2 fully saturated rings. The molecule has 1 aromatic rings. The van der Waals surface area contributed by atoms with Gasteiger partial charge in [0, 0.05) is 24.3 Å². The van der Waals surface area contributed by atoms with Crippen molar-refractivity contribution >= 4 is 41.6 Å². The first kappa shape index (κ1) is 22.8. The van der Waals surface area contributed by atoms with E-state index in [0.717, 1.165) is 39.0 Å². The average molecular weight is 429 g/mol. The highest BCUT2D eigenvalue weighted by molar-refractivity contribution is 6.34. The number of amides is 3. The number of fused-ring (bicyclic) bond motifs is 1. The summed E-state index contributed by atoms with van der Waals surface area (Å²) in [4.78, 5) is 27.1. The fourth-order valence-electron chi connectivity index (χ4n) is 3.86. The highest BCUT2D eigenvalue weighted by atomic mass is 35.5. The van der Waals surface area contributed by atoms with Gasteiger partial charge in [-0.1, -0.05) is 11.6 Å².